The van der Waals surface area contributed by atoms with Gasteiger partial charge < -0.3 is 29.9 Å². The first-order chi connectivity index (χ1) is 22.9. The van der Waals surface area contributed by atoms with Crippen molar-refractivity contribution < 1.29 is 22.8 Å². The molecule has 2 saturated heterocycles. The van der Waals surface area contributed by atoms with Crippen molar-refractivity contribution in [2.24, 2.45) is 5.92 Å². The number of nitrogens with zero attached hydrogens (tertiary/aromatic N) is 5. The van der Waals surface area contributed by atoms with Gasteiger partial charge in [-0.15, -0.1) is 0 Å². The number of benzene rings is 1. The molecule has 2 fully saturated rings. The van der Waals surface area contributed by atoms with Crippen LogP contribution in [0, 0.1) is 17.8 Å². The molecule has 2 N–H and O–H groups in total. The van der Waals surface area contributed by atoms with Gasteiger partial charge in [-0.3, -0.25) is 9.59 Å². The van der Waals surface area contributed by atoms with Crippen LogP contribution >= 0.6 is 0 Å². The van der Waals surface area contributed by atoms with E-state index in [1.54, 1.807) is 30.5 Å². The Morgan fingerprint density at radius 3 is 2.44 bits per heavy atom. The van der Waals surface area contributed by atoms with E-state index in [1.165, 1.54) is 4.57 Å². The average Bonchev–Trinajstić information content (AvgIpc) is 3.38. The minimum atomic E-state index is -4.39. The van der Waals surface area contributed by atoms with E-state index in [9.17, 15) is 22.8 Å². The zero-order valence-electron chi connectivity index (χ0n) is 28.1. The van der Waals surface area contributed by atoms with Crippen molar-refractivity contribution in [3.8, 4) is 11.8 Å². The molecule has 2 aliphatic heterocycles. The van der Waals surface area contributed by atoms with Crippen LogP contribution in [0.25, 0.3) is 10.9 Å². The monoisotopic (exact) mass is 665 g/mol. The molecule has 4 heterocycles. The number of anilines is 1. The first kappa shape index (κ1) is 35.2. The summed E-state index contributed by atoms with van der Waals surface area (Å²) in [5.74, 6) is 6.35. The third-order valence-corrected chi connectivity index (χ3v) is 9.21. The quantitative estimate of drug-likeness (QED) is 0.308. The zero-order valence-corrected chi connectivity index (χ0v) is 28.1. The molecule has 9 nitrogen and oxygen atoms in total. The fraction of sp³-hybridized carbons (Fsp3) is 0.528. The van der Waals surface area contributed by atoms with Crippen LogP contribution in [0.1, 0.15) is 53.8 Å². The Morgan fingerprint density at radius 2 is 1.77 bits per heavy atom. The summed E-state index contributed by atoms with van der Waals surface area (Å²) in [6.45, 7) is 2.93. The average molecular weight is 666 g/mol. The summed E-state index contributed by atoms with van der Waals surface area (Å²) in [6.07, 6.45) is 2.71. The lowest BCUT2D eigenvalue weighted by Gasteiger charge is -2.32. The van der Waals surface area contributed by atoms with Gasteiger partial charge >= 0.3 is 6.18 Å². The number of likely N-dealkylation sites (tertiary alicyclic amines) is 2. The molecule has 2 aliphatic rings. The number of halogens is 3. The minimum absolute atomic E-state index is 0.142. The van der Waals surface area contributed by atoms with E-state index >= 15 is 0 Å². The Labute approximate surface area is 280 Å². The highest BCUT2D eigenvalue weighted by Crippen LogP contribution is 2.28. The van der Waals surface area contributed by atoms with Crippen molar-refractivity contribution >= 4 is 28.4 Å². The number of fused-ring (bicyclic) bond motifs is 1. The maximum absolute atomic E-state index is 13.6. The van der Waals surface area contributed by atoms with Gasteiger partial charge in [0.05, 0.1) is 30.7 Å². The second-order valence-corrected chi connectivity index (χ2v) is 13.4. The number of aryl methyl sites for hydroxylation is 1. The molecule has 2 amide bonds. The van der Waals surface area contributed by atoms with Gasteiger partial charge in [-0.25, -0.2) is 4.98 Å². The predicted molar refractivity (Wildman–Crippen MR) is 182 cm³/mol. The SMILES string of the molecule is CN(C)CC(=O)N1CCC(CCc2ccc3c(c2)cc(C#CCNc2ccc(C(=O)NC4CCN(C)CC4)nc2)n3CC(F)(F)F)CC1. The van der Waals surface area contributed by atoms with Crippen LogP contribution in [-0.2, 0) is 17.8 Å². The van der Waals surface area contributed by atoms with Crippen LogP contribution in [-0.4, -0.2) is 109 Å². The van der Waals surface area contributed by atoms with E-state index in [2.05, 4.69) is 39.4 Å². The number of rotatable bonds is 10. The second kappa shape index (κ2) is 15.9. The Hall–Kier alpha value is -4.08. The number of hydrogen-bond acceptors (Lipinski definition) is 6. The predicted octanol–water partition coefficient (Wildman–Crippen LogP) is 4.62. The van der Waals surface area contributed by atoms with E-state index in [4.69, 9.17) is 0 Å². The number of alkyl halides is 3. The second-order valence-electron chi connectivity index (χ2n) is 13.4. The lowest BCUT2D eigenvalue weighted by Crippen LogP contribution is -2.43. The largest absolute Gasteiger partial charge is 0.406 e. The fourth-order valence-corrected chi connectivity index (χ4v) is 6.47. The first-order valence-corrected chi connectivity index (χ1v) is 16.7. The molecular weight excluding hydrogens is 619 g/mol. The molecule has 0 radical (unpaired) electrons. The van der Waals surface area contributed by atoms with Gasteiger partial charge in [0, 0.05) is 30.0 Å². The van der Waals surface area contributed by atoms with Crippen molar-refractivity contribution in [2.75, 3.05) is 65.7 Å². The van der Waals surface area contributed by atoms with Crippen molar-refractivity contribution in [3.05, 3.63) is 59.5 Å². The number of nitrogens with one attached hydrogen (secondary N) is 2. The van der Waals surface area contributed by atoms with Crippen LogP contribution in [0.4, 0.5) is 18.9 Å². The van der Waals surface area contributed by atoms with Crippen molar-refractivity contribution in [1.29, 1.82) is 0 Å². The third kappa shape index (κ3) is 9.97. The number of hydrogen-bond donors (Lipinski definition) is 2. The minimum Gasteiger partial charge on any atom is -0.373 e. The maximum Gasteiger partial charge on any atom is 0.406 e. The van der Waals surface area contributed by atoms with Gasteiger partial charge in [0.25, 0.3) is 5.91 Å². The lowest BCUT2D eigenvalue weighted by atomic mass is 9.90. The van der Waals surface area contributed by atoms with Crippen LogP contribution in [0.15, 0.2) is 42.6 Å². The third-order valence-electron chi connectivity index (χ3n) is 9.21. The molecule has 0 saturated carbocycles. The molecule has 3 aromatic rings. The fourth-order valence-electron chi connectivity index (χ4n) is 6.47. The Balaban J connectivity index is 1.17. The van der Waals surface area contributed by atoms with Gasteiger partial charge in [-0.1, -0.05) is 12.0 Å². The van der Waals surface area contributed by atoms with Crippen LogP contribution in [0.2, 0.25) is 0 Å². The smallest absolute Gasteiger partial charge is 0.373 e. The summed E-state index contributed by atoms with van der Waals surface area (Å²) < 4.78 is 41.9. The summed E-state index contributed by atoms with van der Waals surface area (Å²) in [7, 11) is 5.86. The Bertz CT molecular complexity index is 1610. The normalized spacial score (nSPS) is 16.6. The number of carbonyl (C=O) groups is 2. The number of likely N-dealkylation sites (N-methyl/N-ethyl adjacent to an activating group) is 1. The van der Waals surface area contributed by atoms with Crippen LogP contribution in [0.5, 0.6) is 0 Å². The van der Waals surface area contributed by atoms with Gasteiger partial charge in [-0.05, 0) is 120 Å². The van der Waals surface area contributed by atoms with E-state index in [0.29, 0.717) is 35.1 Å². The molecule has 0 unspecified atom stereocenters. The number of amides is 2. The van der Waals surface area contributed by atoms with Crippen molar-refractivity contribution in [3.63, 3.8) is 0 Å². The molecule has 12 heteroatoms. The summed E-state index contributed by atoms with van der Waals surface area (Å²) >= 11 is 0. The topological polar surface area (TPSA) is 85.7 Å². The summed E-state index contributed by atoms with van der Waals surface area (Å²) in [4.78, 5) is 35.3. The molecule has 258 valence electrons. The highest BCUT2D eigenvalue weighted by Gasteiger charge is 2.30. The van der Waals surface area contributed by atoms with Crippen LogP contribution in [0.3, 0.4) is 0 Å². The molecular formula is C36H46F3N7O2. The highest BCUT2D eigenvalue weighted by molar-refractivity contribution is 5.92. The Kier molecular flexibility index (Phi) is 11.7. The van der Waals surface area contributed by atoms with E-state index in [1.807, 2.05) is 36.0 Å². The molecule has 0 spiro atoms. The van der Waals surface area contributed by atoms with Crippen molar-refractivity contribution in [2.45, 2.75) is 57.3 Å². The molecule has 2 aromatic heterocycles. The summed E-state index contributed by atoms with van der Waals surface area (Å²) in [5.41, 5.74) is 2.87. The Morgan fingerprint density at radius 1 is 1.02 bits per heavy atom. The number of piperidine rings is 2. The van der Waals surface area contributed by atoms with E-state index < -0.39 is 12.7 Å². The summed E-state index contributed by atoms with van der Waals surface area (Å²) in [6, 6.07) is 10.9. The zero-order chi connectivity index (χ0) is 34.3. The van der Waals surface area contributed by atoms with Gasteiger partial charge in [0.2, 0.25) is 5.91 Å². The van der Waals surface area contributed by atoms with Crippen molar-refractivity contribution in [1.82, 2.24) is 29.6 Å². The number of pyridine rings is 1. The first-order valence-electron chi connectivity index (χ1n) is 16.7. The molecule has 48 heavy (non-hydrogen) atoms. The van der Waals surface area contributed by atoms with Gasteiger partial charge in [0.15, 0.2) is 0 Å². The molecule has 0 bridgehead atoms. The maximum atomic E-state index is 13.6. The van der Waals surface area contributed by atoms with Crippen LogP contribution < -0.4 is 10.6 Å². The summed E-state index contributed by atoms with van der Waals surface area (Å²) in [5, 5.41) is 6.89. The van der Waals surface area contributed by atoms with E-state index in [-0.39, 0.29) is 24.4 Å². The standard InChI is InChI=1S/C36H46F3N7O2/c1-43(2)24-34(47)45-19-12-26(13-20-45)6-7-27-8-11-33-28(21-27)22-31(46(33)25-36(37,38)39)5-4-16-40-30-9-10-32(41-23-30)35(48)42-29-14-17-44(3)18-15-29/h8-11,21-23,26,29,40H,6-7,12-20,24-25H2,1-3H3,(H,42,48). The molecule has 0 aliphatic carbocycles. The highest BCUT2D eigenvalue weighted by atomic mass is 19.4. The van der Waals surface area contributed by atoms with Gasteiger partial charge in [0.1, 0.15) is 12.2 Å². The van der Waals surface area contributed by atoms with E-state index in [0.717, 1.165) is 75.7 Å². The molecule has 0 atom stereocenters. The van der Waals surface area contributed by atoms with Gasteiger partial charge in [-0.2, -0.15) is 13.2 Å². The number of carbonyl (C=O) groups excluding carboxylic acids is 2. The molecule has 1 aromatic carbocycles. The molecule has 5 rings (SSSR count). The lowest BCUT2D eigenvalue weighted by molar-refractivity contribution is -0.140. The number of aromatic nitrogens is 2.